The highest BCUT2D eigenvalue weighted by Crippen LogP contribution is 2.17. The second-order valence-corrected chi connectivity index (χ2v) is 4.19. The Balaban J connectivity index is 2.02. The van der Waals surface area contributed by atoms with Gasteiger partial charge in [-0.1, -0.05) is 12.1 Å². The Morgan fingerprint density at radius 3 is 2.45 bits per heavy atom. The van der Waals surface area contributed by atoms with Crippen molar-refractivity contribution in [3.05, 3.63) is 35.7 Å². The lowest BCUT2D eigenvalue weighted by atomic mass is 10.1. The molecule has 1 heterocycles. The molecule has 0 saturated carbocycles. The highest BCUT2D eigenvalue weighted by Gasteiger charge is 2.16. The smallest absolute Gasteiger partial charge is 0.317 e. The van der Waals surface area contributed by atoms with Gasteiger partial charge in [-0.05, 0) is 24.3 Å². The molecule has 9 heteroatoms. The van der Waals surface area contributed by atoms with Gasteiger partial charge in [0.25, 0.3) is 11.8 Å². The quantitative estimate of drug-likeness (QED) is 0.830. The first kappa shape index (κ1) is 15.5. The van der Waals surface area contributed by atoms with Crippen molar-refractivity contribution in [1.29, 1.82) is 0 Å². The number of nitrogens with zero attached hydrogens (tertiary/aromatic N) is 2. The van der Waals surface area contributed by atoms with E-state index in [2.05, 4.69) is 10.1 Å². The van der Waals surface area contributed by atoms with E-state index < -0.39 is 18.2 Å². The zero-order chi connectivity index (χ0) is 16.1. The third-order valence-corrected chi connectivity index (χ3v) is 2.68. The Kier molecular flexibility index (Phi) is 4.77. The van der Waals surface area contributed by atoms with Crippen LogP contribution in [0.3, 0.4) is 0 Å². The number of nitrogens with one attached hydrogen (secondary N) is 2. The summed E-state index contributed by atoms with van der Waals surface area (Å²) in [5, 5.41) is 3.75. The Labute approximate surface area is 123 Å². The summed E-state index contributed by atoms with van der Waals surface area (Å²) in [6, 6.07) is 6.01. The number of hydrogen-bond donors (Lipinski definition) is 2. The van der Waals surface area contributed by atoms with Crippen LogP contribution in [0.25, 0.3) is 11.5 Å². The van der Waals surface area contributed by atoms with E-state index in [0.717, 1.165) is 0 Å². The Hall–Kier alpha value is -2.84. The maximum absolute atomic E-state index is 12.0. The minimum absolute atomic E-state index is 0.175. The molecule has 1 aromatic heterocycles. The van der Waals surface area contributed by atoms with Crippen molar-refractivity contribution in [3.63, 3.8) is 0 Å². The first-order chi connectivity index (χ1) is 10.5. The largest absolute Gasteiger partial charge is 0.334 e. The van der Waals surface area contributed by atoms with Gasteiger partial charge in [-0.15, -0.1) is 0 Å². The average Bonchev–Trinajstić information content (AvgIpc) is 3.01. The van der Waals surface area contributed by atoms with Crippen LogP contribution >= 0.6 is 0 Å². The van der Waals surface area contributed by atoms with Crippen molar-refractivity contribution in [1.82, 2.24) is 21.0 Å². The lowest BCUT2D eigenvalue weighted by Gasteiger charge is -2.06. The number of hydrazine groups is 1. The van der Waals surface area contributed by atoms with Gasteiger partial charge in [-0.3, -0.25) is 20.4 Å². The fraction of sp³-hybridized carbons (Fsp3) is 0.231. The lowest BCUT2D eigenvalue weighted by Crippen LogP contribution is -2.44. The van der Waals surface area contributed by atoms with Crippen molar-refractivity contribution in [3.8, 4) is 11.5 Å². The number of benzene rings is 1. The lowest BCUT2D eigenvalue weighted by molar-refractivity contribution is -0.132. The standard InChI is InChI=1S/C13H12F2N4O3/c1-2-9-16-13(22-19-9)8-5-3-7(4-6-8)11(20)17-18-12(21)10(14)15/h3-6,10H,2H2,1H3,(H,17,20)(H,18,21). The number of carbonyl (C=O) groups excluding carboxylic acids is 2. The minimum Gasteiger partial charge on any atom is -0.334 e. The van der Waals surface area contributed by atoms with E-state index in [4.69, 9.17) is 4.52 Å². The SMILES string of the molecule is CCc1noc(-c2ccc(C(=O)NNC(=O)C(F)F)cc2)n1. The van der Waals surface area contributed by atoms with Gasteiger partial charge in [0, 0.05) is 17.5 Å². The molecule has 0 aliphatic rings. The summed E-state index contributed by atoms with van der Waals surface area (Å²) >= 11 is 0. The highest BCUT2D eigenvalue weighted by molar-refractivity contribution is 5.95. The predicted octanol–water partition coefficient (Wildman–Crippen LogP) is 1.33. The van der Waals surface area contributed by atoms with Crippen LogP contribution in [0, 0.1) is 0 Å². The van der Waals surface area contributed by atoms with Gasteiger partial charge in [0.15, 0.2) is 5.82 Å². The molecule has 22 heavy (non-hydrogen) atoms. The number of aryl methyl sites for hydroxylation is 1. The summed E-state index contributed by atoms with van der Waals surface area (Å²) < 4.78 is 29.0. The van der Waals surface area contributed by atoms with Crippen molar-refractivity contribution in [2.24, 2.45) is 0 Å². The van der Waals surface area contributed by atoms with Gasteiger partial charge in [-0.2, -0.15) is 13.8 Å². The summed E-state index contributed by atoms with van der Waals surface area (Å²) in [7, 11) is 0. The molecule has 0 atom stereocenters. The van der Waals surface area contributed by atoms with Crippen LogP contribution in [0.4, 0.5) is 8.78 Å². The fourth-order valence-electron chi connectivity index (χ4n) is 1.52. The van der Waals surface area contributed by atoms with Crippen molar-refractivity contribution in [2.75, 3.05) is 0 Å². The van der Waals surface area contributed by atoms with Crippen LogP contribution in [0.15, 0.2) is 28.8 Å². The molecule has 0 unspecified atom stereocenters. The summed E-state index contributed by atoms with van der Waals surface area (Å²) in [5.74, 6) is -1.43. The molecule has 0 aliphatic carbocycles. The number of alkyl halides is 2. The fourth-order valence-corrected chi connectivity index (χ4v) is 1.52. The maximum Gasteiger partial charge on any atom is 0.317 e. The molecular weight excluding hydrogens is 298 g/mol. The molecule has 116 valence electrons. The Morgan fingerprint density at radius 2 is 1.91 bits per heavy atom. The summed E-state index contributed by atoms with van der Waals surface area (Å²) in [4.78, 5) is 26.4. The van der Waals surface area contributed by atoms with E-state index in [1.165, 1.54) is 12.1 Å². The monoisotopic (exact) mass is 310 g/mol. The zero-order valence-corrected chi connectivity index (χ0v) is 11.5. The molecule has 1 aromatic carbocycles. The average molecular weight is 310 g/mol. The van der Waals surface area contributed by atoms with E-state index in [1.807, 2.05) is 12.3 Å². The van der Waals surface area contributed by atoms with Crippen LogP contribution in [0.2, 0.25) is 0 Å². The normalized spacial score (nSPS) is 10.5. The molecule has 0 saturated heterocycles. The van der Waals surface area contributed by atoms with Crippen LogP contribution < -0.4 is 10.9 Å². The van der Waals surface area contributed by atoms with Crippen LogP contribution in [-0.2, 0) is 11.2 Å². The molecule has 2 amide bonds. The Morgan fingerprint density at radius 1 is 1.23 bits per heavy atom. The topological polar surface area (TPSA) is 97.1 Å². The van der Waals surface area contributed by atoms with Gasteiger partial charge in [0.1, 0.15) is 0 Å². The van der Waals surface area contributed by atoms with E-state index in [1.54, 1.807) is 17.6 Å². The molecule has 0 bridgehead atoms. The van der Waals surface area contributed by atoms with Gasteiger partial charge < -0.3 is 4.52 Å². The van der Waals surface area contributed by atoms with Crippen LogP contribution in [-0.4, -0.2) is 28.4 Å². The van der Waals surface area contributed by atoms with Crippen molar-refractivity contribution < 1.29 is 22.9 Å². The molecule has 7 nitrogen and oxygen atoms in total. The van der Waals surface area contributed by atoms with Crippen LogP contribution in [0.1, 0.15) is 23.1 Å². The van der Waals surface area contributed by atoms with Gasteiger partial charge in [-0.25, -0.2) is 0 Å². The van der Waals surface area contributed by atoms with E-state index >= 15 is 0 Å². The Bertz CT molecular complexity index is 670. The third kappa shape index (κ3) is 3.62. The number of rotatable bonds is 4. The first-order valence-electron chi connectivity index (χ1n) is 6.32. The summed E-state index contributed by atoms with van der Waals surface area (Å²) in [5.41, 5.74) is 4.28. The van der Waals surface area contributed by atoms with Crippen molar-refractivity contribution in [2.45, 2.75) is 19.8 Å². The third-order valence-electron chi connectivity index (χ3n) is 2.68. The van der Waals surface area contributed by atoms with Crippen LogP contribution in [0.5, 0.6) is 0 Å². The minimum atomic E-state index is -3.20. The number of hydrogen-bond acceptors (Lipinski definition) is 5. The maximum atomic E-state index is 12.0. The second-order valence-electron chi connectivity index (χ2n) is 4.19. The highest BCUT2D eigenvalue weighted by atomic mass is 19.3. The van der Waals surface area contributed by atoms with E-state index in [-0.39, 0.29) is 5.56 Å². The van der Waals surface area contributed by atoms with E-state index in [0.29, 0.717) is 23.7 Å². The molecule has 0 fully saturated rings. The van der Waals surface area contributed by atoms with Crippen molar-refractivity contribution >= 4 is 11.8 Å². The number of halogens is 2. The molecule has 0 spiro atoms. The summed E-state index contributed by atoms with van der Waals surface area (Å²) in [6.07, 6.45) is -2.57. The van der Waals surface area contributed by atoms with E-state index in [9.17, 15) is 18.4 Å². The summed E-state index contributed by atoms with van der Waals surface area (Å²) in [6.45, 7) is 1.88. The number of aromatic nitrogens is 2. The van der Waals surface area contributed by atoms with Gasteiger partial charge in [0.2, 0.25) is 0 Å². The van der Waals surface area contributed by atoms with Gasteiger partial charge in [0.05, 0.1) is 0 Å². The molecule has 0 aliphatic heterocycles. The first-order valence-corrected chi connectivity index (χ1v) is 6.32. The molecule has 0 radical (unpaired) electrons. The molecule has 2 N–H and O–H groups in total. The number of carbonyl (C=O) groups is 2. The second kappa shape index (κ2) is 6.74. The molecular formula is C13H12F2N4O3. The number of amides is 2. The zero-order valence-electron chi connectivity index (χ0n) is 11.5. The molecule has 2 aromatic rings. The predicted molar refractivity (Wildman–Crippen MR) is 70.7 cm³/mol. The van der Waals surface area contributed by atoms with Gasteiger partial charge >= 0.3 is 12.3 Å². The molecule has 2 rings (SSSR count).